The molecule has 0 bridgehead atoms. The molecular formula is C19H31N3O3. The molecule has 6 nitrogen and oxygen atoms in total. The molecule has 0 saturated carbocycles. The molecule has 0 amide bonds. The summed E-state index contributed by atoms with van der Waals surface area (Å²) in [4.78, 5) is 6.69. The molecule has 2 aliphatic rings. The highest BCUT2D eigenvalue weighted by atomic mass is 16.5. The maximum atomic E-state index is 10.0. The molecule has 2 heterocycles. The lowest BCUT2D eigenvalue weighted by Crippen LogP contribution is -2.49. The van der Waals surface area contributed by atoms with Gasteiger partial charge >= 0.3 is 0 Å². The number of aliphatic hydroxyl groups excluding tert-OH is 2. The van der Waals surface area contributed by atoms with Crippen molar-refractivity contribution in [3.8, 4) is 5.75 Å². The van der Waals surface area contributed by atoms with E-state index in [1.807, 2.05) is 17.0 Å². The Morgan fingerprint density at radius 3 is 2.36 bits per heavy atom. The van der Waals surface area contributed by atoms with Crippen LogP contribution in [0.1, 0.15) is 25.7 Å². The molecule has 2 atom stereocenters. The molecule has 1 aromatic rings. The van der Waals surface area contributed by atoms with Gasteiger partial charge in [-0.25, -0.2) is 0 Å². The molecule has 0 aliphatic carbocycles. The lowest BCUT2D eigenvalue weighted by atomic mass is 10.1. The van der Waals surface area contributed by atoms with Crippen LogP contribution in [-0.4, -0.2) is 78.8 Å². The summed E-state index contributed by atoms with van der Waals surface area (Å²) in [6.45, 7) is 5.82. The summed E-state index contributed by atoms with van der Waals surface area (Å²) in [5, 5.41) is 20.0. The highest BCUT2D eigenvalue weighted by Gasteiger charge is 2.27. The minimum absolute atomic E-state index is 0.480. The largest absolute Gasteiger partial charge is 0.495 e. The number of piperazine rings is 1. The van der Waals surface area contributed by atoms with Gasteiger partial charge in [-0.2, -0.15) is 0 Å². The molecule has 140 valence electrons. The van der Waals surface area contributed by atoms with Gasteiger partial charge in [0.05, 0.1) is 12.8 Å². The SMILES string of the molecule is COc1ccccc1N1CCN(CCCN2C(O)CCCC2O)CC1. The van der Waals surface area contributed by atoms with E-state index in [1.54, 1.807) is 7.11 Å². The number of hydrogen-bond acceptors (Lipinski definition) is 6. The second-order valence-electron chi connectivity index (χ2n) is 6.98. The number of hydrogen-bond donors (Lipinski definition) is 2. The quantitative estimate of drug-likeness (QED) is 0.808. The van der Waals surface area contributed by atoms with Gasteiger partial charge in [0.1, 0.15) is 18.2 Å². The van der Waals surface area contributed by atoms with Crippen molar-refractivity contribution in [2.24, 2.45) is 0 Å². The molecule has 1 aromatic carbocycles. The second-order valence-corrected chi connectivity index (χ2v) is 6.98. The molecule has 0 radical (unpaired) electrons. The van der Waals surface area contributed by atoms with E-state index < -0.39 is 12.5 Å². The zero-order valence-corrected chi connectivity index (χ0v) is 15.2. The van der Waals surface area contributed by atoms with Gasteiger partial charge in [-0.1, -0.05) is 12.1 Å². The summed E-state index contributed by atoms with van der Waals surface area (Å²) in [5.74, 6) is 0.934. The van der Waals surface area contributed by atoms with Gasteiger partial charge < -0.3 is 19.8 Å². The predicted octanol–water partition coefficient (Wildman–Crippen LogP) is 1.33. The Balaban J connectivity index is 1.42. The van der Waals surface area contributed by atoms with Gasteiger partial charge in [0, 0.05) is 32.7 Å². The van der Waals surface area contributed by atoms with Crippen LogP contribution in [0.4, 0.5) is 5.69 Å². The van der Waals surface area contributed by atoms with Crippen molar-refractivity contribution in [1.29, 1.82) is 0 Å². The van der Waals surface area contributed by atoms with Gasteiger partial charge in [0.15, 0.2) is 0 Å². The van der Waals surface area contributed by atoms with Crippen molar-refractivity contribution in [2.75, 3.05) is 51.3 Å². The molecule has 2 fully saturated rings. The average Bonchev–Trinajstić information content (AvgIpc) is 2.65. The van der Waals surface area contributed by atoms with Gasteiger partial charge in [-0.3, -0.25) is 9.80 Å². The third kappa shape index (κ3) is 4.64. The Bertz CT molecular complexity index is 524. The lowest BCUT2D eigenvalue weighted by molar-refractivity contribution is -0.131. The van der Waals surface area contributed by atoms with Crippen LogP contribution in [-0.2, 0) is 0 Å². The first-order valence-electron chi connectivity index (χ1n) is 9.41. The van der Waals surface area contributed by atoms with Crippen LogP contribution in [0, 0.1) is 0 Å². The van der Waals surface area contributed by atoms with Gasteiger partial charge in [0.25, 0.3) is 0 Å². The predicted molar refractivity (Wildman–Crippen MR) is 98.8 cm³/mol. The molecule has 2 N–H and O–H groups in total. The van der Waals surface area contributed by atoms with Crippen LogP contribution < -0.4 is 9.64 Å². The van der Waals surface area contributed by atoms with Crippen molar-refractivity contribution >= 4 is 5.69 Å². The standard InChI is InChI=1S/C19H31N3O3/c1-25-17-7-3-2-6-16(17)21-14-12-20(13-15-21)10-5-11-22-18(23)8-4-9-19(22)24/h2-3,6-7,18-19,23-24H,4-5,8-15H2,1H3. The highest BCUT2D eigenvalue weighted by molar-refractivity contribution is 5.58. The number of nitrogens with zero attached hydrogens (tertiary/aromatic N) is 3. The Morgan fingerprint density at radius 2 is 1.68 bits per heavy atom. The summed E-state index contributed by atoms with van der Waals surface area (Å²) in [7, 11) is 1.72. The normalized spacial score (nSPS) is 26.0. The molecule has 0 spiro atoms. The van der Waals surface area contributed by atoms with Crippen molar-refractivity contribution < 1.29 is 14.9 Å². The van der Waals surface area contributed by atoms with Crippen LogP contribution in [0.15, 0.2) is 24.3 Å². The van der Waals surface area contributed by atoms with Crippen molar-refractivity contribution in [3.63, 3.8) is 0 Å². The van der Waals surface area contributed by atoms with E-state index in [0.717, 1.165) is 70.7 Å². The van der Waals surface area contributed by atoms with E-state index in [1.165, 1.54) is 5.69 Å². The van der Waals surface area contributed by atoms with E-state index in [-0.39, 0.29) is 0 Å². The zero-order valence-electron chi connectivity index (χ0n) is 15.2. The highest BCUT2D eigenvalue weighted by Crippen LogP contribution is 2.28. The average molecular weight is 349 g/mol. The molecule has 2 aliphatic heterocycles. The van der Waals surface area contributed by atoms with Crippen LogP contribution >= 0.6 is 0 Å². The maximum Gasteiger partial charge on any atom is 0.142 e. The summed E-state index contributed by atoms with van der Waals surface area (Å²) < 4.78 is 5.47. The number of para-hydroxylation sites is 2. The van der Waals surface area contributed by atoms with Crippen molar-refractivity contribution in [1.82, 2.24) is 9.80 Å². The number of likely N-dealkylation sites (tertiary alicyclic amines) is 1. The molecule has 6 heteroatoms. The fraction of sp³-hybridized carbons (Fsp3) is 0.684. The summed E-state index contributed by atoms with van der Waals surface area (Å²) in [6, 6.07) is 8.19. The molecule has 2 saturated heterocycles. The number of benzene rings is 1. The summed E-state index contributed by atoms with van der Waals surface area (Å²) in [6.07, 6.45) is 2.47. The number of anilines is 1. The Hall–Kier alpha value is -1.34. The van der Waals surface area contributed by atoms with Crippen LogP contribution in [0.3, 0.4) is 0 Å². The smallest absolute Gasteiger partial charge is 0.142 e. The number of rotatable bonds is 6. The number of ether oxygens (including phenoxy) is 1. The van der Waals surface area contributed by atoms with Crippen LogP contribution in [0.5, 0.6) is 5.75 Å². The van der Waals surface area contributed by atoms with E-state index in [0.29, 0.717) is 0 Å². The van der Waals surface area contributed by atoms with E-state index >= 15 is 0 Å². The number of piperidine rings is 1. The molecule has 3 rings (SSSR count). The minimum Gasteiger partial charge on any atom is -0.495 e. The first-order chi connectivity index (χ1) is 12.2. The van der Waals surface area contributed by atoms with Gasteiger partial charge in [-0.15, -0.1) is 0 Å². The first-order valence-corrected chi connectivity index (χ1v) is 9.41. The van der Waals surface area contributed by atoms with Crippen LogP contribution in [0.2, 0.25) is 0 Å². The molecule has 25 heavy (non-hydrogen) atoms. The van der Waals surface area contributed by atoms with E-state index in [4.69, 9.17) is 4.74 Å². The van der Waals surface area contributed by atoms with Crippen molar-refractivity contribution in [3.05, 3.63) is 24.3 Å². The molecule has 2 unspecified atom stereocenters. The lowest BCUT2D eigenvalue weighted by Gasteiger charge is -2.38. The molecule has 0 aromatic heterocycles. The number of aliphatic hydroxyl groups is 2. The van der Waals surface area contributed by atoms with Gasteiger partial charge in [-0.05, 0) is 44.4 Å². The topological polar surface area (TPSA) is 59.4 Å². The zero-order chi connectivity index (χ0) is 17.6. The second kappa shape index (κ2) is 8.85. The fourth-order valence-electron chi connectivity index (χ4n) is 3.89. The number of methoxy groups -OCH3 is 1. The van der Waals surface area contributed by atoms with Crippen LogP contribution in [0.25, 0.3) is 0 Å². The van der Waals surface area contributed by atoms with Crippen molar-refractivity contribution in [2.45, 2.75) is 38.1 Å². The summed E-state index contributed by atoms with van der Waals surface area (Å²) in [5.41, 5.74) is 1.17. The molecular weight excluding hydrogens is 318 g/mol. The fourth-order valence-corrected chi connectivity index (χ4v) is 3.89. The minimum atomic E-state index is -0.480. The van der Waals surface area contributed by atoms with E-state index in [9.17, 15) is 10.2 Å². The Morgan fingerprint density at radius 1 is 1.00 bits per heavy atom. The monoisotopic (exact) mass is 349 g/mol. The Kier molecular flexibility index (Phi) is 6.53. The van der Waals surface area contributed by atoms with E-state index in [2.05, 4.69) is 21.9 Å². The maximum absolute atomic E-state index is 10.0. The third-order valence-corrected chi connectivity index (χ3v) is 5.38. The Labute approximate surface area is 150 Å². The third-order valence-electron chi connectivity index (χ3n) is 5.38. The van der Waals surface area contributed by atoms with Gasteiger partial charge in [0.2, 0.25) is 0 Å². The first kappa shape index (κ1) is 18.5. The summed E-state index contributed by atoms with van der Waals surface area (Å²) >= 11 is 0.